The zero-order valence-electron chi connectivity index (χ0n) is 9.99. The average molecular weight is 228 g/mol. The van der Waals surface area contributed by atoms with E-state index in [1.807, 2.05) is 11.8 Å². The van der Waals surface area contributed by atoms with Gasteiger partial charge in [-0.25, -0.2) is 0 Å². The molecule has 0 spiro atoms. The van der Waals surface area contributed by atoms with E-state index in [1.54, 1.807) is 0 Å². The van der Waals surface area contributed by atoms with Crippen LogP contribution in [0, 0.1) is 0 Å². The minimum atomic E-state index is -0.255. The van der Waals surface area contributed by atoms with Crippen LogP contribution >= 0.6 is 0 Å². The van der Waals surface area contributed by atoms with E-state index in [4.69, 9.17) is 0 Å². The first-order valence-electron chi connectivity index (χ1n) is 5.76. The molecular formula is C11H20N2O3. The summed E-state index contributed by atoms with van der Waals surface area (Å²) in [6, 6.07) is 0.458. The summed E-state index contributed by atoms with van der Waals surface area (Å²) in [4.78, 5) is 24.4. The van der Waals surface area contributed by atoms with Crippen LogP contribution in [-0.4, -0.2) is 49.6 Å². The van der Waals surface area contributed by atoms with Gasteiger partial charge >= 0.3 is 5.97 Å². The third-order valence-electron chi connectivity index (χ3n) is 2.66. The molecule has 1 aliphatic carbocycles. The maximum absolute atomic E-state index is 11.7. The summed E-state index contributed by atoms with van der Waals surface area (Å²) in [5, 5.41) is 2.96. The lowest BCUT2D eigenvalue weighted by Gasteiger charge is -2.20. The third kappa shape index (κ3) is 4.18. The SMILES string of the molecule is CCN(C(=O)CNCCC(=O)OC)C1CC1. The van der Waals surface area contributed by atoms with Gasteiger partial charge in [0.25, 0.3) is 0 Å². The van der Waals surface area contributed by atoms with Gasteiger partial charge in [-0.15, -0.1) is 0 Å². The van der Waals surface area contributed by atoms with Gasteiger partial charge in [-0.3, -0.25) is 9.59 Å². The highest BCUT2D eigenvalue weighted by molar-refractivity contribution is 5.79. The molecule has 0 heterocycles. The highest BCUT2D eigenvalue weighted by Crippen LogP contribution is 2.26. The van der Waals surface area contributed by atoms with E-state index in [-0.39, 0.29) is 11.9 Å². The van der Waals surface area contributed by atoms with Crippen LogP contribution in [0.4, 0.5) is 0 Å². The Morgan fingerprint density at radius 3 is 2.62 bits per heavy atom. The lowest BCUT2D eigenvalue weighted by Crippen LogP contribution is -2.39. The van der Waals surface area contributed by atoms with Crippen molar-refractivity contribution in [3.63, 3.8) is 0 Å². The summed E-state index contributed by atoms with van der Waals surface area (Å²) in [6.07, 6.45) is 2.56. The number of ether oxygens (including phenoxy) is 1. The molecule has 5 heteroatoms. The first-order chi connectivity index (χ1) is 7.69. The molecule has 1 aliphatic rings. The number of hydrogen-bond donors (Lipinski definition) is 1. The molecule has 0 saturated heterocycles. The molecule has 92 valence electrons. The third-order valence-corrected chi connectivity index (χ3v) is 2.66. The van der Waals surface area contributed by atoms with Crippen molar-refractivity contribution in [2.45, 2.75) is 32.2 Å². The van der Waals surface area contributed by atoms with Crippen LogP contribution in [-0.2, 0) is 14.3 Å². The van der Waals surface area contributed by atoms with Crippen LogP contribution in [0.3, 0.4) is 0 Å². The molecule has 0 atom stereocenters. The molecule has 0 aliphatic heterocycles. The normalized spacial score (nSPS) is 14.6. The number of carbonyl (C=O) groups excluding carboxylic acids is 2. The number of likely N-dealkylation sites (N-methyl/N-ethyl adjacent to an activating group) is 1. The number of hydrogen-bond acceptors (Lipinski definition) is 4. The molecule has 0 aromatic heterocycles. The Hall–Kier alpha value is -1.10. The molecule has 0 aromatic rings. The van der Waals surface area contributed by atoms with Crippen molar-refractivity contribution in [3.05, 3.63) is 0 Å². The number of methoxy groups -OCH3 is 1. The highest BCUT2D eigenvalue weighted by Gasteiger charge is 2.30. The number of nitrogens with zero attached hydrogens (tertiary/aromatic N) is 1. The molecule has 0 unspecified atom stereocenters. The summed E-state index contributed by atoms with van der Waals surface area (Å²) < 4.78 is 4.50. The second-order valence-electron chi connectivity index (χ2n) is 3.91. The molecule has 16 heavy (non-hydrogen) atoms. The Morgan fingerprint density at radius 2 is 2.12 bits per heavy atom. The van der Waals surface area contributed by atoms with E-state index >= 15 is 0 Å². The van der Waals surface area contributed by atoms with Gasteiger partial charge in [0.1, 0.15) is 0 Å². The van der Waals surface area contributed by atoms with Crippen LogP contribution < -0.4 is 5.32 Å². The van der Waals surface area contributed by atoms with Gasteiger partial charge in [0.05, 0.1) is 20.1 Å². The standard InChI is InChI=1S/C11H20N2O3/c1-3-13(9-4-5-9)10(14)8-12-7-6-11(15)16-2/h9,12H,3-8H2,1-2H3. The molecule has 5 nitrogen and oxygen atoms in total. The van der Waals surface area contributed by atoms with Gasteiger partial charge in [0.2, 0.25) is 5.91 Å². The van der Waals surface area contributed by atoms with E-state index in [0.717, 1.165) is 19.4 Å². The summed E-state index contributed by atoms with van der Waals surface area (Å²) >= 11 is 0. The van der Waals surface area contributed by atoms with Crippen molar-refractivity contribution in [3.8, 4) is 0 Å². The summed E-state index contributed by atoms with van der Waals surface area (Å²) in [6.45, 7) is 3.55. The van der Waals surface area contributed by atoms with Gasteiger partial charge in [0, 0.05) is 19.1 Å². The van der Waals surface area contributed by atoms with Gasteiger partial charge < -0.3 is 15.0 Å². The predicted molar refractivity (Wildman–Crippen MR) is 59.9 cm³/mol. The van der Waals surface area contributed by atoms with Gasteiger partial charge in [-0.2, -0.15) is 0 Å². The van der Waals surface area contributed by atoms with Gasteiger partial charge in [-0.05, 0) is 19.8 Å². The Bertz CT molecular complexity index is 252. The summed E-state index contributed by atoms with van der Waals surface area (Å²) in [5.74, 6) is -0.135. The first kappa shape index (κ1) is 13.0. The van der Waals surface area contributed by atoms with Crippen molar-refractivity contribution >= 4 is 11.9 Å². The highest BCUT2D eigenvalue weighted by atomic mass is 16.5. The molecule has 1 fully saturated rings. The Morgan fingerprint density at radius 1 is 1.44 bits per heavy atom. The monoisotopic (exact) mass is 228 g/mol. The summed E-state index contributed by atoms with van der Waals surface area (Å²) in [7, 11) is 1.36. The van der Waals surface area contributed by atoms with Crippen molar-refractivity contribution in [1.82, 2.24) is 10.2 Å². The van der Waals surface area contributed by atoms with Gasteiger partial charge in [0.15, 0.2) is 0 Å². The zero-order valence-corrected chi connectivity index (χ0v) is 9.99. The minimum absolute atomic E-state index is 0.120. The van der Waals surface area contributed by atoms with Crippen LogP contribution in [0.2, 0.25) is 0 Å². The van der Waals surface area contributed by atoms with Crippen LogP contribution in [0.1, 0.15) is 26.2 Å². The predicted octanol–water partition coefficient (Wildman–Crippen LogP) is 0.150. The van der Waals surface area contributed by atoms with E-state index in [2.05, 4.69) is 10.1 Å². The Labute approximate surface area is 96.1 Å². The topological polar surface area (TPSA) is 58.6 Å². The van der Waals surface area contributed by atoms with E-state index in [1.165, 1.54) is 7.11 Å². The molecule has 1 rings (SSSR count). The number of carbonyl (C=O) groups is 2. The molecular weight excluding hydrogens is 208 g/mol. The van der Waals surface area contributed by atoms with E-state index < -0.39 is 0 Å². The molecule has 0 bridgehead atoms. The van der Waals surface area contributed by atoms with Gasteiger partial charge in [-0.1, -0.05) is 0 Å². The molecule has 1 saturated carbocycles. The van der Waals surface area contributed by atoms with Crippen LogP contribution in [0.5, 0.6) is 0 Å². The quantitative estimate of drug-likeness (QED) is 0.498. The van der Waals surface area contributed by atoms with E-state index in [0.29, 0.717) is 25.6 Å². The van der Waals surface area contributed by atoms with Crippen molar-refractivity contribution in [2.75, 3.05) is 26.7 Å². The number of rotatable bonds is 7. The number of nitrogens with one attached hydrogen (secondary N) is 1. The lowest BCUT2D eigenvalue weighted by atomic mass is 10.4. The van der Waals surface area contributed by atoms with Crippen molar-refractivity contribution in [2.24, 2.45) is 0 Å². The van der Waals surface area contributed by atoms with Crippen LogP contribution in [0.25, 0.3) is 0 Å². The maximum Gasteiger partial charge on any atom is 0.306 e. The van der Waals surface area contributed by atoms with Crippen molar-refractivity contribution < 1.29 is 14.3 Å². The minimum Gasteiger partial charge on any atom is -0.469 e. The first-order valence-corrected chi connectivity index (χ1v) is 5.76. The fourth-order valence-corrected chi connectivity index (χ4v) is 1.61. The fraction of sp³-hybridized carbons (Fsp3) is 0.818. The smallest absolute Gasteiger partial charge is 0.306 e. The number of amides is 1. The molecule has 0 radical (unpaired) electrons. The maximum atomic E-state index is 11.7. The zero-order chi connectivity index (χ0) is 12.0. The van der Waals surface area contributed by atoms with E-state index in [9.17, 15) is 9.59 Å². The second-order valence-corrected chi connectivity index (χ2v) is 3.91. The van der Waals surface area contributed by atoms with Crippen molar-refractivity contribution in [1.29, 1.82) is 0 Å². The molecule has 0 aromatic carbocycles. The molecule has 1 amide bonds. The van der Waals surface area contributed by atoms with Crippen LogP contribution in [0.15, 0.2) is 0 Å². The lowest BCUT2D eigenvalue weighted by molar-refractivity contribution is -0.140. The molecule has 1 N–H and O–H groups in total. The second kappa shape index (κ2) is 6.48. The Balaban J connectivity index is 2.11. The average Bonchev–Trinajstić information content (AvgIpc) is 3.09. The number of esters is 1. The fourth-order valence-electron chi connectivity index (χ4n) is 1.61. The largest absolute Gasteiger partial charge is 0.469 e. The Kier molecular flexibility index (Phi) is 5.25. The summed E-state index contributed by atoms with van der Waals surface area (Å²) in [5.41, 5.74) is 0.